The van der Waals surface area contributed by atoms with Gasteiger partial charge in [0.1, 0.15) is 23.5 Å². The summed E-state index contributed by atoms with van der Waals surface area (Å²) in [7, 11) is 1.86. The van der Waals surface area contributed by atoms with Gasteiger partial charge in [0.05, 0.1) is 0 Å². The first-order valence-electron chi connectivity index (χ1n) is 6.57. The van der Waals surface area contributed by atoms with Crippen molar-refractivity contribution in [2.45, 2.75) is 12.5 Å². The fourth-order valence-corrected chi connectivity index (χ4v) is 2.60. The molecule has 1 aliphatic rings. The smallest absolute Gasteiger partial charge is 0.131 e. The number of nitrogens with one attached hydrogen (secondary N) is 1. The molecule has 0 aliphatic carbocycles. The van der Waals surface area contributed by atoms with Gasteiger partial charge in [0.15, 0.2) is 0 Å². The van der Waals surface area contributed by atoms with E-state index in [1.54, 1.807) is 6.07 Å². The van der Waals surface area contributed by atoms with Crippen LogP contribution in [-0.2, 0) is 6.42 Å². The number of benzene rings is 2. The molecule has 2 aromatic rings. The largest absolute Gasteiger partial charge is 0.488 e. The van der Waals surface area contributed by atoms with Crippen molar-refractivity contribution in [3.05, 3.63) is 53.6 Å². The van der Waals surface area contributed by atoms with Crippen LogP contribution in [0, 0.1) is 11.6 Å². The van der Waals surface area contributed by atoms with Crippen LogP contribution in [-0.4, -0.2) is 19.7 Å². The number of hydrogen-bond donors (Lipinski definition) is 1. The fourth-order valence-electron chi connectivity index (χ4n) is 2.60. The minimum Gasteiger partial charge on any atom is -0.488 e. The number of halogens is 2. The van der Waals surface area contributed by atoms with E-state index in [0.717, 1.165) is 30.7 Å². The zero-order valence-corrected chi connectivity index (χ0v) is 11.1. The average Bonchev–Trinajstić information content (AvgIpc) is 2.84. The number of rotatable bonds is 3. The molecule has 0 radical (unpaired) electrons. The topological polar surface area (TPSA) is 21.3 Å². The standard InChI is InChI=1S/C16H15F2NO/c1-19-9-12-7-10-3-2-4-13(16(10)20-12)14-8-11(17)5-6-15(14)18/h2-6,8,12,19H,7,9H2,1H3/t12-/m0/s1. The van der Waals surface area contributed by atoms with E-state index in [1.807, 2.05) is 19.2 Å². The molecule has 0 amide bonds. The Bertz CT molecular complexity index is 642. The first kappa shape index (κ1) is 13.1. The third-order valence-electron chi connectivity index (χ3n) is 3.48. The van der Waals surface area contributed by atoms with E-state index in [-0.39, 0.29) is 11.7 Å². The Morgan fingerprint density at radius 2 is 2.05 bits per heavy atom. The van der Waals surface area contributed by atoms with Crippen molar-refractivity contribution >= 4 is 0 Å². The summed E-state index contributed by atoms with van der Waals surface area (Å²) in [6, 6.07) is 9.05. The lowest BCUT2D eigenvalue weighted by molar-refractivity contribution is 0.232. The van der Waals surface area contributed by atoms with Crippen molar-refractivity contribution < 1.29 is 13.5 Å². The lowest BCUT2D eigenvalue weighted by Gasteiger charge is -2.12. The molecule has 0 spiro atoms. The summed E-state index contributed by atoms with van der Waals surface area (Å²) in [6.45, 7) is 0.722. The molecule has 4 heteroatoms. The van der Waals surface area contributed by atoms with Crippen molar-refractivity contribution in [2.24, 2.45) is 0 Å². The third-order valence-corrected chi connectivity index (χ3v) is 3.48. The van der Waals surface area contributed by atoms with Crippen molar-refractivity contribution in [3.63, 3.8) is 0 Å². The Balaban J connectivity index is 2.05. The molecular weight excluding hydrogens is 260 g/mol. The van der Waals surface area contributed by atoms with Gasteiger partial charge in [-0.25, -0.2) is 8.78 Å². The highest BCUT2D eigenvalue weighted by Crippen LogP contribution is 2.39. The van der Waals surface area contributed by atoms with Gasteiger partial charge in [0, 0.05) is 24.1 Å². The van der Waals surface area contributed by atoms with Crippen molar-refractivity contribution in [3.8, 4) is 16.9 Å². The molecule has 3 rings (SSSR count). The Hall–Kier alpha value is -1.94. The molecule has 104 valence electrons. The Morgan fingerprint density at radius 1 is 1.20 bits per heavy atom. The van der Waals surface area contributed by atoms with Gasteiger partial charge in [-0.05, 0) is 30.8 Å². The number of ether oxygens (including phenoxy) is 1. The number of hydrogen-bond acceptors (Lipinski definition) is 2. The maximum Gasteiger partial charge on any atom is 0.131 e. The van der Waals surface area contributed by atoms with Crippen molar-refractivity contribution in [1.29, 1.82) is 0 Å². The summed E-state index contributed by atoms with van der Waals surface area (Å²) >= 11 is 0. The summed E-state index contributed by atoms with van der Waals surface area (Å²) in [5.74, 6) is -0.235. The summed E-state index contributed by atoms with van der Waals surface area (Å²) in [4.78, 5) is 0. The van der Waals surface area contributed by atoms with E-state index >= 15 is 0 Å². The minimum atomic E-state index is -0.455. The maximum atomic E-state index is 13.9. The second-order valence-corrected chi connectivity index (χ2v) is 4.92. The molecule has 1 atom stereocenters. The molecule has 0 saturated heterocycles. The van der Waals surface area contributed by atoms with Gasteiger partial charge in [-0.2, -0.15) is 0 Å². The maximum absolute atomic E-state index is 13.9. The van der Waals surface area contributed by atoms with Gasteiger partial charge < -0.3 is 10.1 Å². The Labute approximate surface area is 116 Å². The molecule has 1 heterocycles. The normalized spacial score (nSPS) is 16.9. The van der Waals surface area contributed by atoms with Crippen LogP contribution in [0.2, 0.25) is 0 Å². The van der Waals surface area contributed by atoms with Crippen LogP contribution in [0.25, 0.3) is 11.1 Å². The van der Waals surface area contributed by atoms with Crippen molar-refractivity contribution in [1.82, 2.24) is 5.32 Å². The zero-order chi connectivity index (χ0) is 14.1. The predicted molar refractivity (Wildman–Crippen MR) is 73.8 cm³/mol. The molecule has 0 aromatic heterocycles. The highest BCUT2D eigenvalue weighted by atomic mass is 19.1. The van der Waals surface area contributed by atoms with Crippen LogP contribution in [0.4, 0.5) is 8.78 Å². The van der Waals surface area contributed by atoms with Gasteiger partial charge in [-0.3, -0.25) is 0 Å². The SMILES string of the molecule is CNC[C@@H]1Cc2cccc(-c3cc(F)ccc3F)c2O1. The van der Waals surface area contributed by atoms with E-state index in [1.165, 1.54) is 6.07 Å². The third kappa shape index (κ3) is 2.27. The van der Waals surface area contributed by atoms with E-state index in [4.69, 9.17) is 4.74 Å². The van der Waals surface area contributed by atoms with Crippen LogP contribution < -0.4 is 10.1 Å². The quantitative estimate of drug-likeness (QED) is 0.929. The van der Waals surface area contributed by atoms with Crippen LogP contribution >= 0.6 is 0 Å². The molecule has 0 saturated carbocycles. The van der Waals surface area contributed by atoms with Gasteiger partial charge in [0.2, 0.25) is 0 Å². The zero-order valence-electron chi connectivity index (χ0n) is 11.1. The second-order valence-electron chi connectivity index (χ2n) is 4.92. The molecule has 1 aliphatic heterocycles. The summed E-state index contributed by atoms with van der Waals surface area (Å²) in [5, 5.41) is 3.07. The van der Waals surface area contributed by atoms with Crippen molar-refractivity contribution in [2.75, 3.05) is 13.6 Å². The molecule has 2 nitrogen and oxygen atoms in total. The lowest BCUT2D eigenvalue weighted by Crippen LogP contribution is -2.27. The minimum absolute atomic E-state index is 0.0350. The fraction of sp³-hybridized carbons (Fsp3) is 0.250. The van der Waals surface area contributed by atoms with Gasteiger partial charge in [-0.1, -0.05) is 18.2 Å². The van der Waals surface area contributed by atoms with Crippen LogP contribution in [0.1, 0.15) is 5.56 Å². The molecule has 2 aromatic carbocycles. The molecule has 0 fully saturated rings. The van der Waals surface area contributed by atoms with E-state index in [0.29, 0.717) is 11.3 Å². The Morgan fingerprint density at radius 3 is 2.85 bits per heavy atom. The molecular formula is C16H15F2NO. The average molecular weight is 275 g/mol. The predicted octanol–water partition coefficient (Wildman–Crippen LogP) is 3.15. The molecule has 0 unspecified atom stereocenters. The highest BCUT2D eigenvalue weighted by Gasteiger charge is 2.26. The summed E-state index contributed by atoms with van der Waals surface area (Å²) < 4.78 is 33.2. The molecule has 20 heavy (non-hydrogen) atoms. The second kappa shape index (κ2) is 5.21. The summed E-state index contributed by atoms with van der Waals surface area (Å²) in [5.41, 5.74) is 1.89. The molecule has 0 bridgehead atoms. The lowest BCUT2D eigenvalue weighted by atomic mass is 10.00. The number of para-hydroxylation sites is 1. The first-order valence-corrected chi connectivity index (χ1v) is 6.57. The number of fused-ring (bicyclic) bond motifs is 1. The summed E-state index contributed by atoms with van der Waals surface area (Å²) in [6.07, 6.45) is 0.814. The van der Waals surface area contributed by atoms with Gasteiger partial charge >= 0.3 is 0 Å². The van der Waals surface area contributed by atoms with Gasteiger partial charge in [0.25, 0.3) is 0 Å². The van der Waals surface area contributed by atoms with E-state index in [9.17, 15) is 8.78 Å². The van der Waals surface area contributed by atoms with Crippen LogP contribution in [0.3, 0.4) is 0 Å². The number of likely N-dealkylation sites (N-methyl/N-ethyl adjacent to an activating group) is 1. The highest BCUT2D eigenvalue weighted by molar-refractivity contribution is 5.73. The first-order chi connectivity index (χ1) is 9.69. The van der Waals surface area contributed by atoms with E-state index < -0.39 is 11.6 Å². The van der Waals surface area contributed by atoms with Gasteiger partial charge in [-0.15, -0.1) is 0 Å². The van der Waals surface area contributed by atoms with Crippen LogP contribution in [0.5, 0.6) is 5.75 Å². The Kier molecular flexibility index (Phi) is 3.40. The monoisotopic (exact) mass is 275 g/mol. The molecule has 1 N–H and O–H groups in total. The van der Waals surface area contributed by atoms with E-state index in [2.05, 4.69) is 5.32 Å². The van der Waals surface area contributed by atoms with Crippen LogP contribution in [0.15, 0.2) is 36.4 Å².